The molecule has 0 aliphatic carbocycles. The number of thioether (sulfide) groups is 2. The third-order valence-corrected chi connectivity index (χ3v) is 8.39. The third-order valence-electron chi connectivity index (χ3n) is 5.70. The molecule has 0 bridgehead atoms. The Hall–Kier alpha value is -1.80. The molecule has 0 amide bonds. The van der Waals surface area contributed by atoms with Gasteiger partial charge in [-0.2, -0.15) is 0 Å². The van der Waals surface area contributed by atoms with Gasteiger partial charge in [-0.25, -0.2) is 0 Å². The van der Waals surface area contributed by atoms with E-state index >= 15 is 0 Å². The second-order valence-corrected chi connectivity index (χ2v) is 11.1. The molecule has 0 aliphatic rings. The second kappa shape index (κ2) is 13.3. The van der Waals surface area contributed by atoms with E-state index in [-0.39, 0.29) is 11.2 Å². The zero-order valence-electron chi connectivity index (χ0n) is 19.7. The average molecular weight is 499 g/mol. The Morgan fingerprint density at radius 3 is 1.38 bits per heavy atom. The molecule has 0 aliphatic heterocycles. The number of ether oxygens (including phenoxy) is 1. The molecule has 3 atom stereocenters. The van der Waals surface area contributed by atoms with Gasteiger partial charge in [0, 0.05) is 0 Å². The van der Waals surface area contributed by atoms with Crippen LogP contribution < -0.4 is 0 Å². The summed E-state index contributed by atoms with van der Waals surface area (Å²) in [5, 5.41) is 32.5. The van der Waals surface area contributed by atoms with E-state index in [9.17, 15) is 15.3 Å². The Bertz CT molecular complexity index is 853. The molecule has 0 heterocycles. The first-order chi connectivity index (χ1) is 16.5. The van der Waals surface area contributed by atoms with Crippen LogP contribution in [-0.2, 0) is 10.3 Å². The standard InChI is InChI=1S/C28H34O4S2/c1-3-33-27(34-4-2)26(31)25(30)24(29)20-32-28(21-14-8-5-9-15-21,22-16-10-6-11-17-22)23-18-12-7-13-19-23/h5-19,24-27,29-31H,3-4,20H2,1-2H3/t24-,25+,26+/m1/s1. The molecule has 0 unspecified atom stereocenters. The predicted molar refractivity (Wildman–Crippen MR) is 143 cm³/mol. The predicted octanol–water partition coefficient (Wildman–Crippen LogP) is 4.91. The maximum absolute atomic E-state index is 10.9. The highest BCUT2D eigenvalue weighted by Gasteiger charge is 2.40. The quantitative estimate of drug-likeness (QED) is 0.230. The molecule has 3 aromatic rings. The second-order valence-electron chi connectivity index (χ2n) is 7.92. The highest BCUT2D eigenvalue weighted by Crippen LogP contribution is 2.40. The molecule has 3 N–H and O–H groups in total. The van der Waals surface area contributed by atoms with Crippen LogP contribution in [0.5, 0.6) is 0 Å². The minimum absolute atomic E-state index is 0.156. The molecule has 3 rings (SSSR count). The van der Waals surface area contributed by atoms with E-state index in [1.165, 1.54) is 0 Å². The molecule has 0 spiro atoms. The summed E-state index contributed by atoms with van der Waals surface area (Å²) in [5.74, 6) is 1.63. The summed E-state index contributed by atoms with van der Waals surface area (Å²) in [6.45, 7) is 3.87. The minimum Gasteiger partial charge on any atom is -0.388 e. The molecule has 0 fully saturated rings. The largest absolute Gasteiger partial charge is 0.388 e. The molecular formula is C28H34O4S2. The number of aliphatic hydroxyl groups excluding tert-OH is 3. The van der Waals surface area contributed by atoms with Gasteiger partial charge in [0.25, 0.3) is 0 Å². The first-order valence-corrected chi connectivity index (χ1v) is 13.7. The lowest BCUT2D eigenvalue weighted by atomic mass is 9.80. The Morgan fingerprint density at radius 2 is 1.03 bits per heavy atom. The van der Waals surface area contributed by atoms with Gasteiger partial charge >= 0.3 is 0 Å². The number of aliphatic hydroxyl groups is 3. The van der Waals surface area contributed by atoms with E-state index < -0.39 is 23.9 Å². The van der Waals surface area contributed by atoms with E-state index in [2.05, 4.69) is 0 Å². The molecule has 0 saturated carbocycles. The van der Waals surface area contributed by atoms with Gasteiger partial charge in [0.05, 0.1) is 11.2 Å². The van der Waals surface area contributed by atoms with E-state index in [0.717, 1.165) is 28.2 Å². The van der Waals surface area contributed by atoms with Crippen LogP contribution in [0.3, 0.4) is 0 Å². The molecule has 0 radical (unpaired) electrons. The van der Waals surface area contributed by atoms with Crippen LogP contribution in [0, 0.1) is 0 Å². The maximum atomic E-state index is 10.9. The van der Waals surface area contributed by atoms with Gasteiger partial charge in [-0.05, 0) is 28.2 Å². The summed E-state index contributed by atoms with van der Waals surface area (Å²) in [6, 6.07) is 29.7. The fourth-order valence-electron chi connectivity index (χ4n) is 4.04. The highest BCUT2D eigenvalue weighted by molar-refractivity contribution is 8.17. The zero-order chi connectivity index (χ0) is 24.4. The fourth-order valence-corrected chi connectivity index (χ4v) is 6.61. The van der Waals surface area contributed by atoms with E-state index in [1.54, 1.807) is 23.5 Å². The van der Waals surface area contributed by atoms with Crippen LogP contribution in [0.1, 0.15) is 30.5 Å². The molecule has 4 nitrogen and oxygen atoms in total. The summed E-state index contributed by atoms with van der Waals surface area (Å²) >= 11 is 3.14. The monoisotopic (exact) mass is 498 g/mol. The first kappa shape index (κ1) is 26.8. The minimum atomic E-state index is -1.33. The lowest BCUT2D eigenvalue weighted by Crippen LogP contribution is -2.46. The summed E-state index contributed by atoms with van der Waals surface area (Å²) in [7, 11) is 0. The van der Waals surface area contributed by atoms with Gasteiger partial charge < -0.3 is 20.1 Å². The van der Waals surface area contributed by atoms with Crippen LogP contribution in [0.2, 0.25) is 0 Å². The zero-order valence-corrected chi connectivity index (χ0v) is 21.3. The summed E-state index contributed by atoms with van der Waals surface area (Å²) in [4.78, 5) is 0. The molecular weight excluding hydrogens is 464 g/mol. The van der Waals surface area contributed by atoms with Gasteiger partial charge in [-0.1, -0.05) is 105 Å². The third kappa shape index (κ3) is 6.25. The van der Waals surface area contributed by atoms with Crippen molar-refractivity contribution in [1.29, 1.82) is 0 Å². The summed E-state index contributed by atoms with van der Waals surface area (Å²) in [5.41, 5.74) is 1.74. The Balaban J connectivity index is 1.95. The van der Waals surface area contributed by atoms with Gasteiger partial charge in [0.2, 0.25) is 0 Å². The highest BCUT2D eigenvalue weighted by atomic mass is 32.2. The van der Waals surface area contributed by atoms with Crippen molar-refractivity contribution in [3.8, 4) is 0 Å². The molecule has 0 aromatic heterocycles. The normalized spacial score (nSPS) is 14.6. The van der Waals surface area contributed by atoms with Crippen LogP contribution in [0.4, 0.5) is 0 Å². The van der Waals surface area contributed by atoms with Crippen molar-refractivity contribution in [1.82, 2.24) is 0 Å². The lowest BCUT2D eigenvalue weighted by Gasteiger charge is -2.37. The van der Waals surface area contributed by atoms with Crippen LogP contribution in [0.15, 0.2) is 91.0 Å². The number of rotatable bonds is 13. The average Bonchev–Trinajstić information content (AvgIpc) is 2.90. The van der Waals surface area contributed by atoms with Crippen LogP contribution >= 0.6 is 23.5 Å². The molecule has 0 saturated heterocycles. The summed E-state index contributed by atoms with van der Waals surface area (Å²) < 4.78 is 6.37. The van der Waals surface area contributed by atoms with Crippen molar-refractivity contribution < 1.29 is 20.1 Å². The van der Waals surface area contributed by atoms with Crippen molar-refractivity contribution in [2.24, 2.45) is 0 Å². The van der Waals surface area contributed by atoms with Crippen LogP contribution in [0.25, 0.3) is 0 Å². The van der Waals surface area contributed by atoms with Crippen molar-refractivity contribution in [3.63, 3.8) is 0 Å². The van der Waals surface area contributed by atoms with Crippen molar-refractivity contribution in [3.05, 3.63) is 108 Å². The Morgan fingerprint density at radius 1 is 0.647 bits per heavy atom. The van der Waals surface area contributed by atoms with Crippen LogP contribution in [-0.4, -0.2) is 56.3 Å². The maximum Gasteiger partial charge on any atom is 0.143 e. The Kier molecular flexibility index (Phi) is 10.5. The van der Waals surface area contributed by atoms with Gasteiger partial charge in [0.1, 0.15) is 23.9 Å². The molecule has 3 aromatic carbocycles. The molecule has 6 heteroatoms. The summed E-state index contributed by atoms with van der Waals surface area (Å²) in [6.07, 6.45) is -3.67. The number of hydrogen-bond acceptors (Lipinski definition) is 6. The van der Waals surface area contributed by atoms with Crippen molar-refractivity contribution in [2.75, 3.05) is 18.1 Å². The van der Waals surface area contributed by atoms with Gasteiger partial charge in [-0.15, -0.1) is 23.5 Å². The fraction of sp³-hybridized carbons (Fsp3) is 0.357. The van der Waals surface area contributed by atoms with E-state index in [0.29, 0.717) is 0 Å². The smallest absolute Gasteiger partial charge is 0.143 e. The SMILES string of the molecule is CCSC(SCC)[C@@H](O)[C@@H](O)[C@H](O)COC(c1ccccc1)(c1ccccc1)c1ccccc1. The van der Waals surface area contributed by atoms with Gasteiger partial charge in [0.15, 0.2) is 0 Å². The number of hydrogen-bond donors (Lipinski definition) is 3. The van der Waals surface area contributed by atoms with Gasteiger partial charge in [-0.3, -0.25) is 0 Å². The molecule has 182 valence electrons. The topological polar surface area (TPSA) is 69.9 Å². The van der Waals surface area contributed by atoms with E-state index in [4.69, 9.17) is 4.74 Å². The number of benzene rings is 3. The van der Waals surface area contributed by atoms with E-state index in [1.807, 2.05) is 105 Å². The van der Waals surface area contributed by atoms with Crippen molar-refractivity contribution in [2.45, 2.75) is 42.3 Å². The van der Waals surface area contributed by atoms with Crippen molar-refractivity contribution >= 4 is 23.5 Å². The molecule has 34 heavy (non-hydrogen) atoms. The Labute approximate surface area is 211 Å². The first-order valence-electron chi connectivity index (χ1n) is 11.6. The lowest BCUT2D eigenvalue weighted by molar-refractivity contribution is -0.107.